The van der Waals surface area contributed by atoms with Gasteiger partial charge in [0.25, 0.3) is 0 Å². The second-order valence-electron chi connectivity index (χ2n) is 4.05. The lowest BCUT2D eigenvalue weighted by molar-refractivity contribution is -0.129. The molecule has 0 aromatic carbocycles. The highest BCUT2D eigenvalue weighted by Crippen LogP contribution is 2.16. The highest BCUT2D eigenvalue weighted by molar-refractivity contribution is 7.99. The van der Waals surface area contributed by atoms with E-state index in [2.05, 4.69) is 10.6 Å². The Hall–Kier alpha value is -0.260. The van der Waals surface area contributed by atoms with Crippen molar-refractivity contribution in [3.05, 3.63) is 0 Å². The van der Waals surface area contributed by atoms with Crippen molar-refractivity contribution in [1.29, 1.82) is 0 Å². The standard InChI is InChI=1S/C10H18N2O2S/c13-10(7-14-9-5-11-6-9)12-8-1-3-15-4-2-8/h8-9,11H,1-7H2,(H,12,13). The molecule has 0 saturated carbocycles. The molecule has 0 aliphatic carbocycles. The van der Waals surface area contributed by atoms with E-state index in [0.717, 1.165) is 25.9 Å². The topological polar surface area (TPSA) is 50.4 Å². The molecule has 0 spiro atoms. The van der Waals surface area contributed by atoms with Crippen molar-refractivity contribution in [1.82, 2.24) is 10.6 Å². The van der Waals surface area contributed by atoms with Gasteiger partial charge in [-0.1, -0.05) is 0 Å². The third kappa shape index (κ3) is 3.66. The molecule has 2 heterocycles. The molecule has 0 atom stereocenters. The summed E-state index contributed by atoms with van der Waals surface area (Å²) in [7, 11) is 0. The van der Waals surface area contributed by atoms with Crippen LogP contribution in [0.5, 0.6) is 0 Å². The Morgan fingerprint density at radius 1 is 1.40 bits per heavy atom. The Labute approximate surface area is 94.5 Å². The summed E-state index contributed by atoms with van der Waals surface area (Å²) in [5, 5.41) is 6.13. The second-order valence-corrected chi connectivity index (χ2v) is 5.27. The first kappa shape index (κ1) is 11.2. The van der Waals surface area contributed by atoms with E-state index in [9.17, 15) is 4.79 Å². The Morgan fingerprint density at radius 3 is 2.73 bits per heavy atom. The third-order valence-electron chi connectivity index (χ3n) is 2.78. The van der Waals surface area contributed by atoms with Crippen molar-refractivity contribution in [2.75, 3.05) is 31.2 Å². The zero-order valence-corrected chi connectivity index (χ0v) is 9.65. The van der Waals surface area contributed by atoms with E-state index in [1.807, 2.05) is 11.8 Å². The smallest absolute Gasteiger partial charge is 0.246 e. The molecule has 2 aliphatic rings. The summed E-state index contributed by atoms with van der Waals surface area (Å²) in [5.74, 6) is 2.37. The van der Waals surface area contributed by atoms with Gasteiger partial charge in [-0.15, -0.1) is 0 Å². The molecular weight excluding hydrogens is 212 g/mol. The Bertz CT molecular complexity index is 215. The van der Waals surface area contributed by atoms with Crippen LogP contribution in [0.15, 0.2) is 0 Å². The van der Waals surface area contributed by atoms with E-state index in [4.69, 9.17) is 4.74 Å². The predicted octanol–water partition coefficient (Wildman–Crippen LogP) is -0.0134. The van der Waals surface area contributed by atoms with Crippen molar-refractivity contribution in [2.24, 2.45) is 0 Å². The summed E-state index contributed by atoms with van der Waals surface area (Å²) in [6.45, 7) is 1.98. The SMILES string of the molecule is O=C(COC1CNC1)NC1CCSCC1. The zero-order chi connectivity index (χ0) is 10.5. The third-order valence-corrected chi connectivity index (χ3v) is 3.83. The number of carbonyl (C=O) groups excluding carboxylic acids is 1. The lowest BCUT2D eigenvalue weighted by atomic mass is 10.1. The summed E-state index contributed by atoms with van der Waals surface area (Å²) < 4.78 is 5.40. The van der Waals surface area contributed by atoms with Gasteiger partial charge in [0.15, 0.2) is 0 Å². The first-order chi connectivity index (χ1) is 7.34. The van der Waals surface area contributed by atoms with E-state index in [1.165, 1.54) is 11.5 Å². The van der Waals surface area contributed by atoms with Gasteiger partial charge in [0.05, 0.1) is 6.10 Å². The molecular formula is C10H18N2O2S. The average Bonchev–Trinajstić information content (AvgIpc) is 2.17. The molecule has 15 heavy (non-hydrogen) atoms. The maximum atomic E-state index is 11.5. The van der Waals surface area contributed by atoms with Crippen molar-refractivity contribution in [3.63, 3.8) is 0 Å². The minimum atomic E-state index is 0.0406. The molecule has 4 nitrogen and oxygen atoms in total. The van der Waals surface area contributed by atoms with Crippen LogP contribution in [0.25, 0.3) is 0 Å². The Balaban J connectivity index is 1.58. The summed E-state index contributed by atoms with van der Waals surface area (Å²) >= 11 is 1.97. The van der Waals surface area contributed by atoms with E-state index in [0.29, 0.717) is 6.04 Å². The van der Waals surface area contributed by atoms with Gasteiger partial charge in [0.2, 0.25) is 5.91 Å². The first-order valence-electron chi connectivity index (χ1n) is 5.54. The predicted molar refractivity (Wildman–Crippen MR) is 61.1 cm³/mol. The summed E-state index contributed by atoms with van der Waals surface area (Å²) in [6, 6.07) is 0.377. The number of rotatable bonds is 4. The molecule has 0 aromatic rings. The minimum absolute atomic E-state index is 0.0406. The van der Waals surface area contributed by atoms with Crippen LogP contribution in [0, 0.1) is 0 Å². The van der Waals surface area contributed by atoms with E-state index < -0.39 is 0 Å². The number of carbonyl (C=O) groups is 1. The number of hydrogen-bond acceptors (Lipinski definition) is 4. The average molecular weight is 230 g/mol. The van der Waals surface area contributed by atoms with Gasteiger partial charge in [0.1, 0.15) is 6.61 Å². The molecule has 2 aliphatic heterocycles. The number of ether oxygens (including phenoxy) is 1. The van der Waals surface area contributed by atoms with Crippen molar-refractivity contribution in [3.8, 4) is 0 Å². The molecule has 5 heteroatoms. The van der Waals surface area contributed by atoms with Gasteiger partial charge in [-0.05, 0) is 24.3 Å². The van der Waals surface area contributed by atoms with Gasteiger partial charge in [-0.2, -0.15) is 11.8 Å². The summed E-state index contributed by atoms with van der Waals surface area (Å²) in [4.78, 5) is 11.5. The molecule has 86 valence electrons. The normalized spacial score (nSPS) is 23.5. The zero-order valence-electron chi connectivity index (χ0n) is 8.83. The molecule has 2 saturated heterocycles. The molecule has 2 rings (SSSR count). The molecule has 0 unspecified atom stereocenters. The molecule has 0 aromatic heterocycles. The van der Waals surface area contributed by atoms with Crippen LogP contribution in [0.2, 0.25) is 0 Å². The highest BCUT2D eigenvalue weighted by Gasteiger charge is 2.20. The summed E-state index contributed by atoms with van der Waals surface area (Å²) in [5.41, 5.74) is 0. The minimum Gasteiger partial charge on any atom is -0.366 e. The van der Waals surface area contributed by atoms with Crippen LogP contribution in [0.1, 0.15) is 12.8 Å². The van der Waals surface area contributed by atoms with Crippen LogP contribution in [0.3, 0.4) is 0 Å². The lowest BCUT2D eigenvalue weighted by Crippen LogP contribution is -2.50. The molecule has 2 N–H and O–H groups in total. The Kier molecular flexibility index (Phi) is 4.29. The first-order valence-corrected chi connectivity index (χ1v) is 6.69. The second kappa shape index (κ2) is 5.72. The molecule has 2 fully saturated rings. The monoisotopic (exact) mass is 230 g/mol. The number of amides is 1. The molecule has 0 radical (unpaired) electrons. The summed E-state index contributed by atoms with van der Waals surface area (Å²) in [6.07, 6.45) is 2.45. The van der Waals surface area contributed by atoms with Crippen LogP contribution < -0.4 is 10.6 Å². The highest BCUT2D eigenvalue weighted by atomic mass is 32.2. The fraction of sp³-hybridized carbons (Fsp3) is 0.900. The van der Waals surface area contributed by atoms with Gasteiger partial charge >= 0.3 is 0 Å². The maximum Gasteiger partial charge on any atom is 0.246 e. The fourth-order valence-electron chi connectivity index (χ4n) is 1.68. The maximum absolute atomic E-state index is 11.5. The van der Waals surface area contributed by atoms with Crippen molar-refractivity contribution < 1.29 is 9.53 Å². The van der Waals surface area contributed by atoms with Crippen LogP contribution >= 0.6 is 11.8 Å². The van der Waals surface area contributed by atoms with Crippen LogP contribution in [0.4, 0.5) is 0 Å². The molecule has 0 bridgehead atoms. The van der Waals surface area contributed by atoms with Crippen LogP contribution in [-0.4, -0.2) is 49.3 Å². The van der Waals surface area contributed by atoms with Crippen molar-refractivity contribution in [2.45, 2.75) is 25.0 Å². The number of hydrogen-bond donors (Lipinski definition) is 2. The van der Waals surface area contributed by atoms with Crippen LogP contribution in [-0.2, 0) is 9.53 Å². The lowest BCUT2D eigenvalue weighted by Gasteiger charge is -2.27. The van der Waals surface area contributed by atoms with E-state index in [1.54, 1.807) is 0 Å². The van der Waals surface area contributed by atoms with E-state index in [-0.39, 0.29) is 18.6 Å². The molecule has 1 amide bonds. The quantitative estimate of drug-likeness (QED) is 0.713. The largest absolute Gasteiger partial charge is 0.366 e. The van der Waals surface area contributed by atoms with Gasteiger partial charge in [-0.3, -0.25) is 4.79 Å². The van der Waals surface area contributed by atoms with E-state index >= 15 is 0 Å². The van der Waals surface area contributed by atoms with Gasteiger partial charge in [0, 0.05) is 19.1 Å². The Morgan fingerprint density at radius 2 is 2.13 bits per heavy atom. The van der Waals surface area contributed by atoms with Gasteiger partial charge in [-0.25, -0.2) is 0 Å². The number of nitrogens with one attached hydrogen (secondary N) is 2. The fourth-order valence-corrected chi connectivity index (χ4v) is 2.79. The van der Waals surface area contributed by atoms with Crippen molar-refractivity contribution >= 4 is 17.7 Å². The number of thioether (sulfide) groups is 1. The van der Waals surface area contributed by atoms with Gasteiger partial charge < -0.3 is 15.4 Å².